The number of hydrogen-bond acceptors (Lipinski definition) is 6. The summed E-state index contributed by atoms with van der Waals surface area (Å²) in [6, 6.07) is 7.67. The van der Waals surface area contributed by atoms with Crippen LogP contribution in [0.1, 0.15) is 23.2 Å². The van der Waals surface area contributed by atoms with Gasteiger partial charge in [-0.05, 0) is 31.2 Å². The molecule has 1 saturated heterocycles. The summed E-state index contributed by atoms with van der Waals surface area (Å²) in [7, 11) is 1.88. The summed E-state index contributed by atoms with van der Waals surface area (Å²) in [6.07, 6.45) is 3.70. The van der Waals surface area contributed by atoms with Crippen molar-refractivity contribution < 1.29 is 9.53 Å². The van der Waals surface area contributed by atoms with Crippen LogP contribution >= 0.6 is 0 Å². The Bertz CT molecular complexity index is 1020. The van der Waals surface area contributed by atoms with E-state index < -0.39 is 0 Å². The second-order valence-corrected chi connectivity index (χ2v) is 8.10. The van der Waals surface area contributed by atoms with Gasteiger partial charge < -0.3 is 19.2 Å². The van der Waals surface area contributed by atoms with Gasteiger partial charge in [0.1, 0.15) is 17.0 Å². The molecule has 0 bridgehead atoms. The molecule has 1 aliphatic rings. The van der Waals surface area contributed by atoms with Gasteiger partial charge in [0.05, 0.1) is 13.2 Å². The maximum Gasteiger partial charge on any atom is 0.267 e. The van der Waals surface area contributed by atoms with Crippen molar-refractivity contribution in [3.05, 3.63) is 48.2 Å². The van der Waals surface area contributed by atoms with Gasteiger partial charge in [-0.2, -0.15) is 0 Å². The number of nitrogens with one attached hydrogen (secondary N) is 1. The topological polar surface area (TPSA) is 80.5 Å². The number of carbonyl (C=O) groups excluding carboxylic acids is 1. The Morgan fingerprint density at radius 2 is 1.94 bits per heavy atom. The molecule has 1 amide bonds. The number of rotatable bonds is 10. The molecule has 1 aliphatic heterocycles. The van der Waals surface area contributed by atoms with Crippen LogP contribution in [0.4, 0.5) is 0 Å². The number of nitrogens with zero attached hydrogens (tertiary/aromatic N) is 6. The van der Waals surface area contributed by atoms with Crippen LogP contribution in [-0.4, -0.2) is 87.3 Å². The Labute approximate surface area is 189 Å². The van der Waals surface area contributed by atoms with Gasteiger partial charge in [-0.3, -0.25) is 14.6 Å². The molecule has 0 aliphatic carbocycles. The quantitative estimate of drug-likeness (QED) is 0.481. The zero-order chi connectivity index (χ0) is 22.3. The highest BCUT2D eigenvalue weighted by Gasteiger charge is 2.20. The molecule has 3 aromatic heterocycles. The van der Waals surface area contributed by atoms with Crippen LogP contribution in [0.3, 0.4) is 0 Å². The van der Waals surface area contributed by atoms with Crippen LogP contribution in [0.2, 0.25) is 0 Å². The lowest BCUT2D eigenvalue weighted by Gasteiger charge is -2.34. The van der Waals surface area contributed by atoms with E-state index in [0.29, 0.717) is 25.5 Å². The molecule has 1 fully saturated rings. The monoisotopic (exact) mass is 439 g/mol. The van der Waals surface area contributed by atoms with E-state index in [4.69, 9.17) is 9.72 Å². The summed E-state index contributed by atoms with van der Waals surface area (Å²) in [5, 5.41) is 3.02. The van der Waals surface area contributed by atoms with E-state index in [-0.39, 0.29) is 5.91 Å². The first-order valence-electron chi connectivity index (χ1n) is 11.4. The lowest BCUT2D eigenvalue weighted by atomic mass is 10.3. The summed E-state index contributed by atoms with van der Waals surface area (Å²) in [5.74, 6) is 1.03. The van der Waals surface area contributed by atoms with Gasteiger partial charge in [0.2, 0.25) is 0 Å². The molecule has 0 aromatic carbocycles. The number of hydrogen-bond donors (Lipinski definition) is 1. The average Bonchev–Trinajstić information content (AvgIpc) is 3.38. The first kappa shape index (κ1) is 22.4. The van der Waals surface area contributed by atoms with Crippen LogP contribution < -0.4 is 5.32 Å². The Morgan fingerprint density at radius 1 is 1.12 bits per heavy atom. The van der Waals surface area contributed by atoms with Crippen LogP contribution in [0.25, 0.3) is 11.2 Å². The molecule has 0 saturated carbocycles. The molecule has 0 unspecified atom stereocenters. The minimum Gasteiger partial charge on any atom is -0.380 e. The standard InChI is InChI=1S/C23H33N7O2/c1-3-32-17-16-30-21(26-19-6-4-8-24-22(19)30)18-29-14-12-28(13-15-29)11-9-25-23(31)20-7-5-10-27(20)2/h4-8,10H,3,9,11-18H2,1-2H3,(H,25,31). The summed E-state index contributed by atoms with van der Waals surface area (Å²) >= 11 is 0. The largest absolute Gasteiger partial charge is 0.380 e. The highest BCUT2D eigenvalue weighted by molar-refractivity contribution is 5.92. The van der Waals surface area contributed by atoms with E-state index in [1.807, 2.05) is 55.2 Å². The lowest BCUT2D eigenvalue weighted by Crippen LogP contribution is -2.48. The van der Waals surface area contributed by atoms with Crippen molar-refractivity contribution in [2.75, 3.05) is 52.5 Å². The number of pyridine rings is 1. The first-order valence-corrected chi connectivity index (χ1v) is 11.4. The molecule has 32 heavy (non-hydrogen) atoms. The van der Waals surface area contributed by atoms with Crippen molar-refractivity contribution in [3.8, 4) is 0 Å². The molecule has 3 aromatic rings. The fourth-order valence-electron chi connectivity index (χ4n) is 4.15. The number of aryl methyl sites for hydroxylation is 1. The maximum atomic E-state index is 12.2. The normalized spacial score (nSPS) is 15.4. The van der Waals surface area contributed by atoms with Gasteiger partial charge in [0.25, 0.3) is 5.91 Å². The van der Waals surface area contributed by atoms with Gasteiger partial charge in [-0.1, -0.05) is 0 Å². The van der Waals surface area contributed by atoms with E-state index in [1.165, 1.54) is 0 Å². The molecule has 0 spiro atoms. The molecule has 4 rings (SSSR count). The predicted molar refractivity (Wildman–Crippen MR) is 123 cm³/mol. The fraction of sp³-hybridized carbons (Fsp3) is 0.522. The van der Waals surface area contributed by atoms with E-state index in [9.17, 15) is 4.79 Å². The first-order chi connectivity index (χ1) is 15.7. The van der Waals surface area contributed by atoms with Gasteiger partial charge >= 0.3 is 0 Å². The number of imidazole rings is 1. The van der Waals surface area contributed by atoms with Crippen LogP contribution in [-0.2, 0) is 24.9 Å². The Kier molecular flexibility index (Phi) is 7.51. The smallest absolute Gasteiger partial charge is 0.267 e. The zero-order valence-electron chi connectivity index (χ0n) is 19.0. The Morgan fingerprint density at radius 3 is 2.69 bits per heavy atom. The van der Waals surface area contributed by atoms with Crippen LogP contribution in [0.15, 0.2) is 36.7 Å². The van der Waals surface area contributed by atoms with Gasteiger partial charge in [0, 0.05) is 71.9 Å². The minimum absolute atomic E-state index is 0.0179. The summed E-state index contributed by atoms with van der Waals surface area (Å²) in [5.41, 5.74) is 2.55. The average molecular weight is 440 g/mol. The van der Waals surface area contributed by atoms with Crippen LogP contribution in [0, 0.1) is 0 Å². The van der Waals surface area contributed by atoms with E-state index in [0.717, 1.165) is 62.8 Å². The summed E-state index contributed by atoms with van der Waals surface area (Å²) in [6.45, 7) is 10.4. The third kappa shape index (κ3) is 5.35. The number of carbonyl (C=O) groups is 1. The number of piperazine rings is 1. The van der Waals surface area contributed by atoms with Crippen molar-refractivity contribution >= 4 is 17.1 Å². The lowest BCUT2D eigenvalue weighted by molar-refractivity contribution is 0.0924. The molecular formula is C23H33N7O2. The van der Waals surface area contributed by atoms with Crippen molar-refractivity contribution in [1.82, 2.24) is 34.2 Å². The van der Waals surface area contributed by atoms with E-state index in [2.05, 4.69) is 24.7 Å². The minimum atomic E-state index is -0.0179. The van der Waals surface area contributed by atoms with Crippen molar-refractivity contribution in [2.45, 2.75) is 20.0 Å². The molecule has 4 heterocycles. The summed E-state index contributed by atoms with van der Waals surface area (Å²) < 4.78 is 9.60. The van der Waals surface area contributed by atoms with E-state index in [1.54, 1.807) is 0 Å². The fourth-order valence-corrected chi connectivity index (χ4v) is 4.15. The maximum absolute atomic E-state index is 12.2. The van der Waals surface area contributed by atoms with Gasteiger partial charge in [-0.25, -0.2) is 9.97 Å². The van der Waals surface area contributed by atoms with Crippen LogP contribution in [0.5, 0.6) is 0 Å². The highest BCUT2D eigenvalue weighted by Crippen LogP contribution is 2.16. The molecule has 0 radical (unpaired) electrons. The number of ether oxygens (including phenoxy) is 1. The second-order valence-electron chi connectivity index (χ2n) is 8.10. The molecule has 9 heteroatoms. The third-order valence-electron chi connectivity index (χ3n) is 5.97. The molecule has 9 nitrogen and oxygen atoms in total. The van der Waals surface area contributed by atoms with E-state index >= 15 is 0 Å². The predicted octanol–water partition coefficient (Wildman–Crippen LogP) is 1.35. The second kappa shape index (κ2) is 10.7. The van der Waals surface area contributed by atoms with Gasteiger partial charge in [-0.15, -0.1) is 0 Å². The third-order valence-corrected chi connectivity index (χ3v) is 5.97. The Hall–Kier alpha value is -2.75. The number of fused-ring (bicyclic) bond motifs is 1. The zero-order valence-corrected chi connectivity index (χ0v) is 19.0. The summed E-state index contributed by atoms with van der Waals surface area (Å²) in [4.78, 5) is 26.5. The number of aromatic nitrogens is 4. The highest BCUT2D eigenvalue weighted by atomic mass is 16.5. The SMILES string of the molecule is CCOCCn1c(CN2CCN(CCNC(=O)c3cccn3C)CC2)nc2cccnc21. The Balaban J connectivity index is 1.27. The van der Waals surface area contributed by atoms with Crippen molar-refractivity contribution in [1.29, 1.82) is 0 Å². The molecule has 0 atom stereocenters. The molecular weight excluding hydrogens is 406 g/mol. The molecule has 172 valence electrons. The number of amides is 1. The van der Waals surface area contributed by atoms with Crippen molar-refractivity contribution in [3.63, 3.8) is 0 Å². The van der Waals surface area contributed by atoms with Gasteiger partial charge in [0.15, 0.2) is 5.65 Å². The molecule has 1 N–H and O–H groups in total. The van der Waals surface area contributed by atoms with Crippen molar-refractivity contribution in [2.24, 2.45) is 7.05 Å².